The molecule has 0 bridgehead atoms. The summed E-state index contributed by atoms with van der Waals surface area (Å²) in [5, 5.41) is 0. The van der Waals surface area contributed by atoms with Gasteiger partial charge in [-0.25, -0.2) is 9.37 Å². The van der Waals surface area contributed by atoms with Crippen LogP contribution in [0.15, 0.2) is 12.3 Å². The Bertz CT molecular complexity index is 482. The Labute approximate surface area is 112 Å². The van der Waals surface area contributed by atoms with Crippen molar-refractivity contribution in [2.45, 2.75) is 25.9 Å². The molecule has 0 spiro atoms. The number of piperazine rings is 1. The molecule has 0 aliphatic carbocycles. The number of hydrogen-bond donors (Lipinski definition) is 1. The first-order valence-electron chi connectivity index (χ1n) is 6.33. The number of halogens is 1. The van der Waals surface area contributed by atoms with Gasteiger partial charge in [-0.1, -0.05) is 0 Å². The van der Waals surface area contributed by atoms with Crippen molar-refractivity contribution < 1.29 is 9.18 Å². The van der Waals surface area contributed by atoms with Crippen molar-refractivity contribution in [3.05, 3.63) is 23.6 Å². The van der Waals surface area contributed by atoms with E-state index in [1.807, 2.05) is 20.9 Å². The summed E-state index contributed by atoms with van der Waals surface area (Å²) in [5.41, 5.74) is 5.40. The standard InChI is InChI=1S/C13H19FN4O/c1-8-6-18(7-9(2)17(8)3)13(19)10-4-5-16-12(15)11(10)14/h4-5,8-9H,6-7H2,1-3H3,(H2,15,16). The Balaban J connectivity index is 2.23. The Kier molecular flexibility index (Phi) is 3.71. The third kappa shape index (κ3) is 2.53. The van der Waals surface area contributed by atoms with Crippen molar-refractivity contribution >= 4 is 11.7 Å². The van der Waals surface area contributed by atoms with Crippen LogP contribution in [0.3, 0.4) is 0 Å². The molecule has 1 aromatic heterocycles. The molecule has 2 N–H and O–H groups in total. The number of carbonyl (C=O) groups is 1. The average Bonchev–Trinajstić information content (AvgIpc) is 2.38. The fourth-order valence-corrected chi connectivity index (χ4v) is 2.37. The minimum atomic E-state index is -0.730. The molecule has 0 radical (unpaired) electrons. The second-order valence-corrected chi connectivity index (χ2v) is 5.13. The highest BCUT2D eigenvalue weighted by molar-refractivity contribution is 5.95. The predicted molar refractivity (Wildman–Crippen MR) is 71.2 cm³/mol. The normalized spacial score (nSPS) is 24.5. The summed E-state index contributed by atoms with van der Waals surface area (Å²) in [4.78, 5) is 19.9. The zero-order valence-electron chi connectivity index (χ0n) is 11.4. The molecule has 2 heterocycles. The zero-order valence-corrected chi connectivity index (χ0v) is 11.4. The van der Waals surface area contributed by atoms with Crippen molar-refractivity contribution in [2.24, 2.45) is 0 Å². The summed E-state index contributed by atoms with van der Waals surface area (Å²) in [6.45, 7) is 5.27. The molecule has 1 saturated heterocycles. The Morgan fingerprint density at radius 1 is 1.42 bits per heavy atom. The molecule has 1 aliphatic rings. The SMILES string of the molecule is CC1CN(C(=O)c2ccnc(N)c2F)CC(C)N1C. The van der Waals surface area contributed by atoms with Gasteiger partial charge in [-0.3, -0.25) is 9.69 Å². The number of rotatable bonds is 1. The van der Waals surface area contributed by atoms with Gasteiger partial charge in [0.05, 0.1) is 5.56 Å². The lowest BCUT2D eigenvalue weighted by Gasteiger charge is -2.42. The summed E-state index contributed by atoms with van der Waals surface area (Å²) < 4.78 is 13.8. The van der Waals surface area contributed by atoms with Crippen LogP contribution in [0.2, 0.25) is 0 Å². The molecule has 5 nitrogen and oxygen atoms in total. The molecular weight excluding hydrogens is 247 g/mol. The third-order valence-corrected chi connectivity index (χ3v) is 3.79. The van der Waals surface area contributed by atoms with Gasteiger partial charge in [-0.05, 0) is 27.0 Å². The number of pyridine rings is 1. The number of nitrogens with two attached hydrogens (primary N) is 1. The van der Waals surface area contributed by atoms with E-state index in [1.165, 1.54) is 12.3 Å². The van der Waals surface area contributed by atoms with Gasteiger partial charge in [-0.2, -0.15) is 0 Å². The van der Waals surface area contributed by atoms with Crippen LogP contribution in [-0.4, -0.2) is 52.9 Å². The van der Waals surface area contributed by atoms with E-state index in [4.69, 9.17) is 5.73 Å². The van der Waals surface area contributed by atoms with Crippen LogP contribution in [0.5, 0.6) is 0 Å². The Morgan fingerprint density at radius 3 is 2.58 bits per heavy atom. The molecule has 1 fully saturated rings. The Morgan fingerprint density at radius 2 is 2.00 bits per heavy atom. The molecule has 104 valence electrons. The van der Waals surface area contributed by atoms with Crippen molar-refractivity contribution in [2.75, 3.05) is 25.9 Å². The molecule has 2 rings (SSSR count). The number of likely N-dealkylation sites (N-methyl/N-ethyl adjacent to an activating group) is 1. The highest BCUT2D eigenvalue weighted by Crippen LogP contribution is 2.19. The van der Waals surface area contributed by atoms with Crippen LogP contribution in [0.1, 0.15) is 24.2 Å². The number of nitrogens with zero attached hydrogens (tertiary/aromatic N) is 3. The van der Waals surface area contributed by atoms with Gasteiger partial charge in [0.2, 0.25) is 0 Å². The minimum absolute atomic E-state index is 0.00328. The number of amides is 1. The molecule has 2 unspecified atom stereocenters. The summed E-state index contributed by atoms with van der Waals surface area (Å²) in [7, 11) is 2.03. The first-order valence-corrected chi connectivity index (χ1v) is 6.33. The van der Waals surface area contributed by atoms with Gasteiger partial charge in [0.25, 0.3) is 5.91 Å². The van der Waals surface area contributed by atoms with E-state index in [-0.39, 0.29) is 29.4 Å². The maximum absolute atomic E-state index is 13.8. The molecule has 0 saturated carbocycles. The fraction of sp³-hybridized carbons (Fsp3) is 0.538. The first kappa shape index (κ1) is 13.7. The van der Waals surface area contributed by atoms with Gasteiger partial charge in [0, 0.05) is 31.4 Å². The van der Waals surface area contributed by atoms with E-state index in [0.29, 0.717) is 13.1 Å². The molecule has 2 atom stereocenters. The summed E-state index contributed by atoms with van der Waals surface area (Å²) in [6.07, 6.45) is 1.36. The summed E-state index contributed by atoms with van der Waals surface area (Å²) >= 11 is 0. The smallest absolute Gasteiger partial charge is 0.257 e. The predicted octanol–water partition coefficient (Wildman–Crippen LogP) is 0.968. The maximum Gasteiger partial charge on any atom is 0.257 e. The zero-order chi connectivity index (χ0) is 14.2. The van der Waals surface area contributed by atoms with Gasteiger partial charge in [0.15, 0.2) is 11.6 Å². The van der Waals surface area contributed by atoms with Crippen LogP contribution in [-0.2, 0) is 0 Å². The molecule has 6 heteroatoms. The quantitative estimate of drug-likeness (QED) is 0.822. The van der Waals surface area contributed by atoms with Crippen molar-refractivity contribution in [1.29, 1.82) is 0 Å². The number of carbonyl (C=O) groups excluding carboxylic acids is 1. The average molecular weight is 266 g/mol. The summed E-state index contributed by atoms with van der Waals surface area (Å²) in [6, 6.07) is 1.87. The second kappa shape index (κ2) is 5.13. The fourth-order valence-electron chi connectivity index (χ4n) is 2.37. The highest BCUT2D eigenvalue weighted by Gasteiger charge is 2.31. The monoisotopic (exact) mass is 266 g/mol. The van der Waals surface area contributed by atoms with E-state index >= 15 is 0 Å². The first-order chi connectivity index (χ1) is 8.91. The molecule has 1 aromatic rings. The van der Waals surface area contributed by atoms with Gasteiger partial charge < -0.3 is 10.6 Å². The van der Waals surface area contributed by atoms with E-state index in [9.17, 15) is 9.18 Å². The van der Waals surface area contributed by atoms with E-state index in [2.05, 4.69) is 9.88 Å². The maximum atomic E-state index is 13.8. The van der Waals surface area contributed by atoms with Crippen LogP contribution in [0.25, 0.3) is 0 Å². The lowest BCUT2D eigenvalue weighted by molar-refractivity contribution is 0.0410. The van der Waals surface area contributed by atoms with Crippen LogP contribution in [0.4, 0.5) is 10.2 Å². The topological polar surface area (TPSA) is 62.5 Å². The molecular formula is C13H19FN4O. The van der Waals surface area contributed by atoms with E-state index in [1.54, 1.807) is 4.90 Å². The Hall–Kier alpha value is -1.69. The minimum Gasteiger partial charge on any atom is -0.381 e. The molecule has 1 aliphatic heterocycles. The molecule has 1 amide bonds. The number of anilines is 1. The number of nitrogen functional groups attached to an aromatic ring is 1. The van der Waals surface area contributed by atoms with E-state index < -0.39 is 5.82 Å². The van der Waals surface area contributed by atoms with Crippen molar-refractivity contribution in [3.8, 4) is 0 Å². The van der Waals surface area contributed by atoms with Crippen molar-refractivity contribution in [3.63, 3.8) is 0 Å². The lowest BCUT2D eigenvalue weighted by atomic mass is 10.1. The van der Waals surface area contributed by atoms with Crippen molar-refractivity contribution in [1.82, 2.24) is 14.8 Å². The molecule has 0 aromatic carbocycles. The van der Waals surface area contributed by atoms with Gasteiger partial charge in [0.1, 0.15) is 0 Å². The van der Waals surface area contributed by atoms with Crippen LogP contribution < -0.4 is 5.73 Å². The van der Waals surface area contributed by atoms with Gasteiger partial charge in [-0.15, -0.1) is 0 Å². The summed E-state index contributed by atoms with van der Waals surface area (Å²) in [5.74, 6) is -1.29. The van der Waals surface area contributed by atoms with Gasteiger partial charge >= 0.3 is 0 Å². The molecule has 19 heavy (non-hydrogen) atoms. The number of hydrogen-bond acceptors (Lipinski definition) is 4. The highest BCUT2D eigenvalue weighted by atomic mass is 19.1. The van der Waals surface area contributed by atoms with Crippen LogP contribution >= 0.6 is 0 Å². The third-order valence-electron chi connectivity index (χ3n) is 3.79. The van der Waals surface area contributed by atoms with Crippen LogP contribution in [0, 0.1) is 5.82 Å². The lowest BCUT2D eigenvalue weighted by Crippen LogP contribution is -2.56. The largest absolute Gasteiger partial charge is 0.381 e. The second-order valence-electron chi connectivity index (χ2n) is 5.13. The van der Waals surface area contributed by atoms with E-state index in [0.717, 1.165) is 0 Å². The number of aromatic nitrogens is 1.